The number of carbonyl (C=O) groups is 1. The van der Waals surface area contributed by atoms with Gasteiger partial charge in [0, 0.05) is 17.1 Å². The van der Waals surface area contributed by atoms with Crippen LogP contribution < -0.4 is 4.90 Å². The summed E-state index contributed by atoms with van der Waals surface area (Å²) in [5.74, 6) is 0.406. The summed E-state index contributed by atoms with van der Waals surface area (Å²) < 4.78 is 40.4. The van der Waals surface area contributed by atoms with Gasteiger partial charge in [0.05, 0.1) is 22.7 Å². The van der Waals surface area contributed by atoms with Crippen LogP contribution in [0.4, 0.5) is 18.9 Å². The molecule has 4 nitrogen and oxygen atoms in total. The van der Waals surface area contributed by atoms with Gasteiger partial charge in [-0.2, -0.15) is 18.4 Å². The molecule has 0 spiro atoms. The van der Waals surface area contributed by atoms with E-state index in [1.807, 2.05) is 13.8 Å². The van der Waals surface area contributed by atoms with Crippen molar-refractivity contribution in [3.8, 4) is 6.07 Å². The van der Waals surface area contributed by atoms with Crippen molar-refractivity contribution >= 4 is 40.2 Å². The zero-order chi connectivity index (χ0) is 23.7. The SMILES string of the molecule is CC1(C)C(=O)N(c2ccc(C#N)c(C(F)(F)F)c2)C(S)N1C1CCC(CCCCBr)CC1. The van der Waals surface area contributed by atoms with Crippen LogP contribution >= 0.6 is 28.6 Å². The Morgan fingerprint density at radius 1 is 1.22 bits per heavy atom. The molecule has 1 aliphatic carbocycles. The van der Waals surface area contributed by atoms with E-state index < -0.39 is 28.3 Å². The fourth-order valence-corrected chi connectivity index (χ4v) is 6.18. The summed E-state index contributed by atoms with van der Waals surface area (Å²) in [6.45, 7) is 3.63. The second-order valence-electron chi connectivity index (χ2n) is 9.19. The zero-order valence-electron chi connectivity index (χ0n) is 18.3. The highest BCUT2D eigenvalue weighted by Gasteiger charge is 2.54. The van der Waals surface area contributed by atoms with Crippen LogP contribution in [-0.2, 0) is 11.0 Å². The number of hydrogen-bond acceptors (Lipinski definition) is 4. The number of alkyl halides is 4. The molecule has 1 aliphatic heterocycles. The molecule has 1 unspecified atom stereocenters. The minimum absolute atomic E-state index is 0.111. The van der Waals surface area contributed by atoms with E-state index in [1.54, 1.807) is 6.07 Å². The van der Waals surface area contributed by atoms with Gasteiger partial charge < -0.3 is 0 Å². The van der Waals surface area contributed by atoms with E-state index >= 15 is 0 Å². The van der Waals surface area contributed by atoms with Crippen LogP contribution in [0.3, 0.4) is 0 Å². The Labute approximate surface area is 201 Å². The van der Waals surface area contributed by atoms with Crippen molar-refractivity contribution in [3.05, 3.63) is 29.3 Å². The van der Waals surface area contributed by atoms with Gasteiger partial charge >= 0.3 is 6.18 Å². The molecule has 0 N–H and O–H groups in total. The summed E-state index contributed by atoms with van der Waals surface area (Å²) in [5.41, 5.74) is -2.93. The molecule has 2 aliphatic rings. The average Bonchev–Trinajstić information content (AvgIpc) is 2.92. The van der Waals surface area contributed by atoms with E-state index in [-0.39, 0.29) is 17.6 Å². The first-order chi connectivity index (χ1) is 15.0. The standard InChI is InChI=1S/C23H29BrF3N3OS/c1-22(2)20(31)29(18-11-8-16(14-28)19(13-18)23(25,26)27)21(32)30(22)17-9-6-15(7-10-17)5-3-4-12-24/h8,11,13,15,17,21,32H,3-7,9-10,12H2,1-2H3. The van der Waals surface area contributed by atoms with Crippen LogP contribution in [0.1, 0.15) is 69.9 Å². The third-order valence-corrected chi connectivity index (χ3v) is 7.82. The monoisotopic (exact) mass is 531 g/mol. The third kappa shape index (κ3) is 4.97. The number of benzene rings is 1. The molecule has 1 amide bonds. The molecular weight excluding hydrogens is 503 g/mol. The molecule has 1 saturated heterocycles. The predicted molar refractivity (Wildman–Crippen MR) is 126 cm³/mol. The zero-order valence-corrected chi connectivity index (χ0v) is 20.8. The van der Waals surface area contributed by atoms with Crippen molar-refractivity contribution < 1.29 is 18.0 Å². The Morgan fingerprint density at radius 3 is 2.44 bits per heavy atom. The molecule has 2 fully saturated rings. The van der Waals surface area contributed by atoms with E-state index in [9.17, 15) is 18.0 Å². The summed E-state index contributed by atoms with van der Waals surface area (Å²) in [7, 11) is 0. The van der Waals surface area contributed by atoms with E-state index in [1.165, 1.54) is 30.2 Å². The lowest BCUT2D eigenvalue weighted by molar-refractivity contribution is -0.137. The highest BCUT2D eigenvalue weighted by Crippen LogP contribution is 2.44. The van der Waals surface area contributed by atoms with Crippen LogP contribution in [0.15, 0.2) is 18.2 Å². The minimum atomic E-state index is -4.68. The Hall–Kier alpha value is -1.24. The molecule has 1 aromatic carbocycles. The van der Waals surface area contributed by atoms with Crippen molar-refractivity contribution in [2.45, 2.75) is 82.0 Å². The Balaban J connectivity index is 1.82. The molecule has 1 saturated carbocycles. The molecular formula is C23H29BrF3N3OS. The van der Waals surface area contributed by atoms with Crippen LogP contribution in [0.25, 0.3) is 0 Å². The normalized spacial score (nSPS) is 26.4. The molecule has 0 radical (unpaired) electrons. The van der Waals surface area contributed by atoms with Crippen LogP contribution in [0.5, 0.6) is 0 Å². The number of halogens is 4. The van der Waals surface area contributed by atoms with Gasteiger partial charge in [-0.3, -0.25) is 14.6 Å². The van der Waals surface area contributed by atoms with E-state index in [4.69, 9.17) is 17.9 Å². The van der Waals surface area contributed by atoms with Crippen molar-refractivity contribution in [3.63, 3.8) is 0 Å². The van der Waals surface area contributed by atoms with Gasteiger partial charge in [0.25, 0.3) is 0 Å². The van der Waals surface area contributed by atoms with E-state index in [0.717, 1.165) is 43.1 Å². The number of nitriles is 1. The van der Waals surface area contributed by atoms with Gasteiger partial charge in [-0.05, 0) is 70.1 Å². The number of nitrogens with zero attached hydrogens (tertiary/aromatic N) is 3. The maximum Gasteiger partial charge on any atom is 0.417 e. The van der Waals surface area contributed by atoms with Crippen molar-refractivity contribution in [2.75, 3.05) is 10.2 Å². The number of unbranched alkanes of at least 4 members (excludes halogenated alkanes) is 1. The van der Waals surface area contributed by atoms with Gasteiger partial charge in [-0.1, -0.05) is 28.8 Å². The fourth-order valence-electron chi connectivity index (χ4n) is 5.07. The molecule has 9 heteroatoms. The Morgan fingerprint density at radius 2 is 1.88 bits per heavy atom. The highest BCUT2D eigenvalue weighted by molar-refractivity contribution is 9.09. The van der Waals surface area contributed by atoms with Gasteiger partial charge in [0.1, 0.15) is 5.50 Å². The van der Waals surface area contributed by atoms with Crippen molar-refractivity contribution in [1.82, 2.24) is 4.90 Å². The number of anilines is 1. The quantitative estimate of drug-likeness (QED) is 0.264. The number of carbonyl (C=O) groups excluding carboxylic acids is 1. The number of hydrogen-bond donors (Lipinski definition) is 1. The lowest BCUT2D eigenvalue weighted by Gasteiger charge is -2.41. The Kier molecular flexibility index (Phi) is 7.89. The maximum absolute atomic E-state index is 13.5. The summed E-state index contributed by atoms with van der Waals surface area (Å²) in [5, 5.41) is 10.1. The van der Waals surface area contributed by atoms with Gasteiger partial charge in [0.2, 0.25) is 5.91 Å². The molecule has 3 rings (SSSR count). The third-order valence-electron chi connectivity index (χ3n) is 6.78. The van der Waals surface area contributed by atoms with Crippen molar-refractivity contribution in [2.24, 2.45) is 5.92 Å². The first-order valence-corrected chi connectivity index (χ1v) is 12.6. The number of amides is 1. The Bertz CT molecular complexity index is 878. The summed E-state index contributed by atoms with van der Waals surface area (Å²) in [4.78, 5) is 16.7. The summed E-state index contributed by atoms with van der Waals surface area (Å²) >= 11 is 8.17. The topological polar surface area (TPSA) is 47.3 Å². The second-order valence-corrected chi connectivity index (χ2v) is 10.4. The van der Waals surface area contributed by atoms with Gasteiger partial charge in [-0.25, -0.2) is 0 Å². The van der Waals surface area contributed by atoms with Gasteiger partial charge in [0.15, 0.2) is 0 Å². The fraction of sp³-hybridized carbons (Fsp3) is 0.652. The lowest BCUT2D eigenvalue weighted by atomic mass is 9.81. The molecule has 0 bridgehead atoms. The molecule has 32 heavy (non-hydrogen) atoms. The predicted octanol–water partition coefficient (Wildman–Crippen LogP) is 6.34. The molecule has 176 valence electrons. The van der Waals surface area contributed by atoms with Crippen molar-refractivity contribution in [1.29, 1.82) is 5.26 Å². The molecule has 0 aromatic heterocycles. The summed E-state index contributed by atoms with van der Waals surface area (Å²) in [6, 6.07) is 5.15. The summed E-state index contributed by atoms with van der Waals surface area (Å²) in [6.07, 6.45) is 2.97. The number of thiol groups is 1. The molecule has 1 atom stereocenters. The molecule has 1 aromatic rings. The average molecular weight is 532 g/mol. The maximum atomic E-state index is 13.5. The van der Waals surface area contributed by atoms with Crippen LogP contribution in [0.2, 0.25) is 0 Å². The largest absolute Gasteiger partial charge is 0.417 e. The molecule has 1 heterocycles. The minimum Gasteiger partial charge on any atom is -0.285 e. The number of rotatable bonds is 6. The first kappa shape index (κ1) is 25.4. The highest BCUT2D eigenvalue weighted by atomic mass is 79.9. The van der Waals surface area contributed by atoms with E-state index in [2.05, 4.69) is 20.8 Å². The second kappa shape index (κ2) is 9.94. The van der Waals surface area contributed by atoms with Crippen LogP contribution in [0, 0.1) is 17.2 Å². The van der Waals surface area contributed by atoms with E-state index in [0.29, 0.717) is 5.92 Å². The first-order valence-electron chi connectivity index (χ1n) is 11.0. The van der Waals surface area contributed by atoms with Gasteiger partial charge in [-0.15, -0.1) is 12.6 Å². The lowest BCUT2D eigenvalue weighted by Crippen LogP contribution is -2.51. The smallest absolute Gasteiger partial charge is 0.285 e. The van der Waals surface area contributed by atoms with Crippen LogP contribution in [-0.4, -0.2) is 33.2 Å².